The summed E-state index contributed by atoms with van der Waals surface area (Å²) in [4.78, 5) is 9.21. The molecule has 1 aromatic heterocycles. The number of nitrogens with one attached hydrogen (secondary N) is 1. The Morgan fingerprint density at radius 1 is 0.613 bits per heavy atom. The van der Waals surface area contributed by atoms with Crippen molar-refractivity contribution < 1.29 is 0 Å². The fraction of sp³-hybridized carbons (Fsp3) is 0.643. The Kier molecular flexibility index (Phi) is 13.7. The average molecular weight is 424 g/mol. The first-order valence-electron chi connectivity index (χ1n) is 13.0. The van der Waals surface area contributed by atoms with Gasteiger partial charge in [0.15, 0.2) is 5.82 Å². The minimum absolute atomic E-state index is 0.821. The normalized spacial score (nSPS) is 11.0. The van der Waals surface area contributed by atoms with E-state index in [0.717, 1.165) is 24.4 Å². The van der Waals surface area contributed by atoms with Gasteiger partial charge in [-0.1, -0.05) is 90.9 Å². The highest BCUT2D eigenvalue weighted by Gasteiger charge is 2.03. The van der Waals surface area contributed by atoms with Crippen molar-refractivity contribution in [3.05, 3.63) is 42.2 Å². The molecule has 2 aromatic rings. The standard InChI is InChI=1S/C28H45N3/c1-3-5-7-9-11-13-15-17-25-23-30-28(31-24-25)26-18-20-27(21-19-26)29-22-16-14-12-10-8-6-4-2/h18-21,23-24,29H,3-17,22H2,1-2H3. The molecule has 0 saturated heterocycles. The van der Waals surface area contributed by atoms with E-state index in [-0.39, 0.29) is 0 Å². The van der Waals surface area contributed by atoms with Crippen molar-refractivity contribution in [1.82, 2.24) is 9.97 Å². The Labute approximate surface area is 191 Å². The van der Waals surface area contributed by atoms with Crippen LogP contribution in [0.1, 0.15) is 109 Å². The third-order valence-corrected chi connectivity index (χ3v) is 6.03. The first-order chi connectivity index (χ1) is 15.3. The van der Waals surface area contributed by atoms with Crippen LogP contribution in [0.3, 0.4) is 0 Å². The minimum Gasteiger partial charge on any atom is -0.385 e. The summed E-state index contributed by atoms with van der Waals surface area (Å²) >= 11 is 0. The zero-order chi connectivity index (χ0) is 22.0. The number of anilines is 1. The molecule has 0 spiro atoms. The zero-order valence-electron chi connectivity index (χ0n) is 20.2. The summed E-state index contributed by atoms with van der Waals surface area (Å²) in [6.45, 7) is 5.60. The Bertz CT molecular complexity index is 664. The number of aromatic nitrogens is 2. The van der Waals surface area contributed by atoms with Gasteiger partial charge >= 0.3 is 0 Å². The van der Waals surface area contributed by atoms with Gasteiger partial charge in [0.1, 0.15) is 0 Å². The first-order valence-corrected chi connectivity index (χ1v) is 13.0. The fourth-order valence-corrected chi connectivity index (χ4v) is 3.97. The zero-order valence-corrected chi connectivity index (χ0v) is 20.2. The first kappa shape index (κ1) is 25.4. The number of rotatable bonds is 18. The molecule has 2 rings (SSSR count). The second-order valence-corrected chi connectivity index (χ2v) is 8.91. The molecule has 0 saturated carbocycles. The lowest BCUT2D eigenvalue weighted by atomic mass is 10.1. The predicted molar refractivity (Wildman–Crippen MR) is 136 cm³/mol. The van der Waals surface area contributed by atoms with Gasteiger partial charge in [0.2, 0.25) is 0 Å². The van der Waals surface area contributed by atoms with Crippen LogP contribution in [-0.4, -0.2) is 16.5 Å². The van der Waals surface area contributed by atoms with Crippen LogP contribution in [0.4, 0.5) is 5.69 Å². The Morgan fingerprint density at radius 3 is 1.71 bits per heavy atom. The smallest absolute Gasteiger partial charge is 0.159 e. The van der Waals surface area contributed by atoms with E-state index in [1.807, 2.05) is 12.4 Å². The van der Waals surface area contributed by atoms with Gasteiger partial charge in [-0.25, -0.2) is 9.97 Å². The lowest BCUT2D eigenvalue weighted by Crippen LogP contribution is -2.01. The molecule has 3 heteroatoms. The lowest BCUT2D eigenvalue weighted by molar-refractivity contribution is 0.589. The summed E-state index contributed by atoms with van der Waals surface area (Å²) in [5.41, 5.74) is 3.53. The summed E-state index contributed by atoms with van der Waals surface area (Å²) in [6.07, 6.45) is 23.9. The molecule has 0 atom stereocenters. The summed E-state index contributed by atoms with van der Waals surface area (Å²) < 4.78 is 0. The Morgan fingerprint density at radius 2 is 1.13 bits per heavy atom. The molecule has 172 valence electrons. The third kappa shape index (κ3) is 11.3. The molecule has 3 nitrogen and oxygen atoms in total. The molecule has 0 radical (unpaired) electrons. The van der Waals surface area contributed by atoms with Crippen LogP contribution in [0.5, 0.6) is 0 Å². The van der Waals surface area contributed by atoms with Crippen LogP contribution >= 0.6 is 0 Å². The molecule has 0 aliphatic carbocycles. The largest absolute Gasteiger partial charge is 0.385 e. The summed E-state index contributed by atoms with van der Waals surface area (Å²) in [7, 11) is 0. The van der Waals surface area contributed by atoms with Gasteiger partial charge < -0.3 is 5.32 Å². The molecule has 0 aliphatic heterocycles. The number of unbranched alkanes of at least 4 members (excludes halogenated alkanes) is 12. The quantitative estimate of drug-likeness (QED) is 0.244. The molecule has 1 N–H and O–H groups in total. The maximum absolute atomic E-state index is 4.60. The van der Waals surface area contributed by atoms with Crippen molar-refractivity contribution in [3.63, 3.8) is 0 Å². The number of hydrogen-bond acceptors (Lipinski definition) is 3. The number of aryl methyl sites for hydroxylation is 1. The Balaban J connectivity index is 1.63. The van der Waals surface area contributed by atoms with Crippen LogP contribution in [0.25, 0.3) is 11.4 Å². The molecular formula is C28H45N3. The second-order valence-electron chi connectivity index (χ2n) is 8.91. The van der Waals surface area contributed by atoms with E-state index in [1.54, 1.807) is 0 Å². The summed E-state index contributed by atoms with van der Waals surface area (Å²) in [5.74, 6) is 0.821. The second kappa shape index (κ2) is 16.8. The van der Waals surface area contributed by atoms with E-state index < -0.39 is 0 Å². The molecule has 0 aliphatic rings. The van der Waals surface area contributed by atoms with Crippen molar-refractivity contribution in [2.24, 2.45) is 0 Å². The van der Waals surface area contributed by atoms with Crippen molar-refractivity contribution in [2.45, 2.75) is 110 Å². The number of hydrogen-bond donors (Lipinski definition) is 1. The molecule has 1 aromatic carbocycles. The molecule has 0 unspecified atom stereocenters. The van der Waals surface area contributed by atoms with Crippen LogP contribution in [0, 0.1) is 0 Å². The highest BCUT2D eigenvalue weighted by Crippen LogP contribution is 2.19. The lowest BCUT2D eigenvalue weighted by Gasteiger charge is -2.08. The van der Waals surface area contributed by atoms with Crippen LogP contribution < -0.4 is 5.32 Å². The van der Waals surface area contributed by atoms with Crippen molar-refractivity contribution >= 4 is 5.69 Å². The van der Waals surface area contributed by atoms with E-state index in [1.165, 1.54) is 101 Å². The highest BCUT2D eigenvalue weighted by atomic mass is 14.9. The number of nitrogens with zero attached hydrogens (tertiary/aromatic N) is 2. The van der Waals surface area contributed by atoms with Crippen molar-refractivity contribution in [1.29, 1.82) is 0 Å². The van der Waals surface area contributed by atoms with Crippen LogP contribution in [-0.2, 0) is 6.42 Å². The predicted octanol–water partition coefficient (Wildman–Crippen LogP) is 8.60. The Hall–Kier alpha value is -1.90. The van der Waals surface area contributed by atoms with Crippen molar-refractivity contribution in [2.75, 3.05) is 11.9 Å². The molecule has 31 heavy (non-hydrogen) atoms. The SMILES string of the molecule is CCCCCCCCCNc1ccc(-c2ncc(CCCCCCCCC)cn2)cc1. The maximum atomic E-state index is 4.60. The topological polar surface area (TPSA) is 37.8 Å². The third-order valence-electron chi connectivity index (χ3n) is 6.03. The van der Waals surface area contributed by atoms with Gasteiger partial charge in [0.05, 0.1) is 0 Å². The highest BCUT2D eigenvalue weighted by molar-refractivity contribution is 5.59. The van der Waals surface area contributed by atoms with Crippen LogP contribution in [0.15, 0.2) is 36.7 Å². The maximum Gasteiger partial charge on any atom is 0.159 e. The van der Waals surface area contributed by atoms with Gasteiger partial charge in [0.25, 0.3) is 0 Å². The van der Waals surface area contributed by atoms with E-state index in [2.05, 4.69) is 53.4 Å². The minimum atomic E-state index is 0.821. The summed E-state index contributed by atoms with van der Waals surface area (Å²) in [6, 6.07) is 8.54. The van der Waals surface area contributed by atoms with Gasteiger partial charge in [-0.15, -0.1) is 0 Å². The van der Waals surface area contributed by atoms with Gasteiger partial charge in [-0.2, -0.15) is 0 Å². The monoisotopic (exact) mass is 423 g/mol. The van der Waals surface area contributed by atoms with Crippen LogP contribution in [0.2, 0.25) is 0 Å². The molecule has 0 amide bonds. The van der Waals surface area contributed by atoms with E-state index in [4.69, 9.17) is 0 Å². The van der Waals surface area contributed by atoms with E-state index >= 15 is 0 Å². The van der Waals surface area contributed by atoms with Gasteiger partial charge in [0, 0.05) is 30.2 Å². The van der Waals surface area contributed by atoms with E-state index in [9.17, 15) is 0 Å². The fourth-order valence-electron chi connectivity index (χ4n) is 3.97. The molecule has 0 fully saturated rings. The van der Waals surface area contributed by atoms with E-state index in [0.29, 0.717) is 0 Å². The number of benzene rings is 1. The average Bonchev–Trinajstić information content (AvgIpc) is 2.81. The van der Waals surface area contributed by atoms with Gasteiger partial charge in [-0.3, -0.25) is 0 Å². The van der Waals surface area contributed by atoms with Gasteiger partial charge in [-0.05, 0) is 49.1 Å². The molecule has 0 bridgehead atoms. The summed E-state index contributed by atoms with van der Waals surface area (Å²) in [5, 5.41) is 3.54. The van der Waals surface area contributed by atoms with Crippen molar-refractivity contribution in [3.8, 4) is 11.4 Å². The molecule has 1 heterocycles. The molecular weight excluding hydrogens is 378 g/mol.